The van der Waals surface area contributed by atoms with Gasteiger partial charge in [0.1, 0.15) is 12.2 Å². The summed E-state index contributed by atoms with van der Waals surface area (Å²) in [6, 6.07) is 18.3. The van der Waals surface area contributed by atoms with Crippen LogP contribution in [0.1, 0.15) is 5.69 Å². The fourth-order valence-electron chi connectivity index (χ4n) is 3.72. The molecule has 1 aromatic carbocycles. The van der Waals surface area contributed by atoms with Crippen molar-refractivity contribution in [2.45, 2.75) is 6.54 Å². The van der Waals surface area contributed by atoms with Gasteiger partial charge in [-0.15, -0.1) is 0 Å². The van der Waals surface area contributed by atoms with Crippen LogP contribution in [-0.4, -0.2) is 24.1 Å². The average Bonchev–Trinajstić information content (AvgIpc) is 3.30. The normalized spacial score (nSPS) is 12.6. The van der Waals surface area contributed by atoms with E-state index in [9.17, 15) is 0 Å². The summed E-state index contributed by atoms with van der Waals surface area (Å²) in [7, 11) is 0. The largest absolute Gasteiger partial charge is 0.325 e. The molecule has 5 aromatic rings. The van der Waals surface area contributed by atoms with Gasteiger partial charge in [-0.25, -0.2) is 9.13 Å². The maximum absolute atomic E-state index is 4.83. The summed E-state index contributed by atoms with van der Waals surface area (Å²) < 4.78 is 6.37. The number of hydrogen-bond acceptors (Lipinski definition) is 3. The molecule has 0 atom stereocenters. The molecule has 0 N–H and O–H groups in total. The predicted molar refractivity (Wildman–Crippen MR) is 92.3 cm³/mol. The van der Waals surface area contributed by atoms with Gasteiger partial charge in [0, 0.05) is 18.5 Å². The molecule has 1 aliphatic heterocycles. The zero-order valence-corrected chi connectivity index (χ0v) is 13.2. The first kappa shape index (κ1) is 12.8. The van der Waals surface area contributed by atoms with Crippen molar-refractivity contribution in [3.8, 4) is 17.1 Å². The van der Waals surface area contributed by atoms with Crippen LogP contribution in [0, 0.1) is 0 Å². The van der Waals surface area contributed by atoms with Crippen LogP contribution in [0.4, 0.5) is 0 Å². The molecule has 6 heteroatoms. The van der Waals surface area contributed by atoms with Crippen molar-refractivity contribution in [3.05, 3.63) is 72.7 Å². The fraction of sp³-hybridized carbons (Fsp3) is 0.0526. The van der Waals surface area contributed by atoms with Crippen molar-refractivity contribution in [3.63, 3.8) is 0 Å². The molecule has 0 saturated heterocycles. The second-order valence-electron chi connectivity index (χ2n) is 6.13. The van der Waals surface area contributed by atoms with Crippen molar-refractivity contribution < 1.29 is 4.57 Å². The van der Waals surface area contributed by atoms with Crippen LogP contribution in [0.3, 0.4) is 0 Å². The molecule has 0 spiro atoms. The van der Waals surface area contributed by atoms with Gasteiger partial charge >= 0.3 is 5.65 Å². The van der Waals surface area contributed by atoms with Gasteiger partial charge in [0.25, 0.3) is 5.65 Å². The monoisotopic (exact) mass is 325 g/mol. The van der Waals surface area contributed by atoms with Crippen molar-refractivity contribution in [1.29, 1.82) is 0 Å². The summed E-state index contributed by atoms with van der Waals surface area (Å²) >= 11 is 0. The first-order chi connectivity index (χ1) is 12.4. The number of para-hydroxylation sites is 1. The molecule has 0 aliphatic carbocycles. The molecule has 0 saturated carbocycles. The summed E-state index contributed by atoms with van der Waals surface area (Å²) in [5.74, 6) is 1.10. The Hall–Kier alpha value is -3.54. The first-order valence-corrected chi connectivity index (χ1v) is 8.19. The predicted octanol–water partition coefficient (Wildman–Crippen LogP) is 2.38. The third-order valence-electron chi connectivity index (χ3n) is 4.74. The van der Waals surface area contributed by atoms with E-state index in [1.54, 1.807) is 6.20 Å². The Balaban J connectivity index is 1.84. The van der Waals surface area contributed by atoms with Gasteiger partial charge < -0.3 is 0 Å². The minimum atomic E-state index is 0.728. The van der Waals surface area contributed by atoms with Crippen molar-refractivity contribution in [2.24, 2.45) is 0 Å². The van der Waals surface area contributed by atoms with Gasteiger partial charge in [-0.2, -0.15) is 9.61 Å². The number of fused-ring (bicyclic) bond motifs is 7. The first-order valence-electron chi connectivity index (χ1n) is 8.19. The molecule has 1 aliphatic rings. The van der Waals surface area contributed by atoms with Crippen LogP contribution < -0.4 is 4.57 Å². The maximum Gasteiger partial charge on any atom is 0.325 e. The van der Waals surface area contributed by atoms with Gasteiger partial charge in [0.15, 0.2) is 0 Å². The average molecular weight is 325 g/mol. The molecule has 5 heterocycles. The number of nitrogens with zero attached hydrogens (tertiary/aromatic N) is 6. The quantitative estimate of drug-likeness (QED) is 0.436. The van der Waals surface area contributed by atoms with E-state index < -0.39 is 0 Å². The number of benzene rings is 1. The van der Waals surface area contributed by atoms with Crippen LogP contribution in [0.5, 0.6) is 0 Å². The number of imidazole rings is 2. The number of pyridine rings is 1. The highest BCUT2D eigenvalue weighted by Gasteiger charge is 2.37. The van der Waals surface area contributed by atoms with E-state index in [2.05, 4.69) is 37.4 Å². The van der Waals surface area contributed by atoms with E-state index in [1.807, 2.05) is 47.1 Å². The minimum Gasteiger partial charge on any atom is -0.257 e. The van der Waals surface area contributed by atoms with E-state index in [-0.39, 0.29) is 0 Å². The van der Waals surface area contributed by atoms with E-state index in [4.69, 9.17) is 4.98 Å². The van der Waals surface area contributed by atoms with E-state index in [0.29, 0.717) is 0 Å². The van der Waals surface area contributed by atoms with Gasteiger partial charge in [0.05, 0.1) is 11.3 Å². The summed E-state index contributed by atoms with van der Waals surface area (Å²) in [4.78, 5) is 9.39. The molecule has 0 amide bonds. The number of rotatable bonds is 1. The molecule has 0 unspecified atom stereocenters. The minimum absolute atomic E-state index is 0.728. The molecule has 0 fully saturated rings. The molecular formula is C19H13N6+. The van der Waals surface area contributed by atoms with E-state index >= 15 is 0 Å². The lowest BCUT2D eigenvalue weighted by Gasteiger charge is -2.03. The molecule has 6 rings (SSSR count). The Bertz CT molecular complexity index is 1270. The Labute approximate surface area is 142 Å². The third-order valence-corrected chi connectivity index (χ3v) is 4.74. The molecule has 0 bridgehead atoms. The summed E-state index contributed by atoms with van der Waals surface area (Å²) in [5, 5.41) is 4.53. The highest BCUT2D eigenvalue weighted by molar-refractivity contribution is 5.78. The van der Waals surface area contributed by atoms with Crippen LogP contribution in [0.2, 0.25) is 0 Å². The molecular weight excluding hydrogens is 312 g/mol. The lowest BCUT2D eigenvalue weighted by Crippen LogP contribution is -2.32. The van der Waals surface area contributed by atoms with Crippen LogP contribution in [0.25, 0.3) is 34.0 Å². The highest BCUT2D eigenvalue weighted by atomic mass is 15.4. The SMILES string of the molecule is c1ccc(-n2c3[n+](c4nc5cccnn5c42)Cc2ncccc2-3)cc1. The fourth-order valence-corrected chi connectivity index (χ4v) is 3.72. The summed E-state index contributed by atoms with van der Waals surface area (Å²) in [6.45, 7) is 0.728. The Morgan fingerprint density at radius 3 is 2.72 bits per heavy atom. The third kappa shape index (κ3) is 1.58. The van der Waals surface area contributed by atoms with Crippen LogP contribution in [0.15, 0.2) is 67.0 Å². The molecule has 118 valence electrons. The highest BCUT2D eigenvalue weighted by Crippen LogP contribution is 2.32. The maximum atomic E-state index is 4.83. The topological polar surface area (TPSA) is 51.9 Å². The standard InChI is InChI=1S/C19H13N6/c1-2-6-13(7-3-1)24-18-14-8-4-10-20-15(14)12-23(18)17-19(24)25-16(22-17)9-5-11-21-25/h1-11H,12H2/q+1. The van der Waals surface area contributed by atoms with Crippen LogP contribution >= 0.6 is 0 Å². The Kier molecular flexibility index (Phi) is 2.31. The lowest BCUT2D eigenvalue weighted by molar-refractivity contribution is -0.648. The van der Waals surface area contributed by atoms with E-state index in [0.717, 1.165) is 46.3 Å². The van der Waals surface area contributed by atoms with E-state index in [1.165, 1.54) is 0 Å². The van der Waals surface area contributed by atoms with Gasteiger partial charge in [0.2, 0.25) is 11.5 Å². The second-order valence-corrected chi connectivity index (χ2v) is 6.13. The smallest absolute Gasteiger partial charge is 0.257 e. The lowest BCUT2D eigenvalue weighted by atomic mass is 10.2. The van der Waals surface area contributed by atoms with Crippen molar-refractivity contribution in [2.75, 3.05) is 0 Å². The number of aromatic nitrogens is 6. The van der Waals surface area contributed by atoms with Gasteiger partial charge in [-0.3, -0.25) is 4.98 Å². The summed E-state index contributed by atoms with van der Waals surface area (Å²) in [6.07, 6.45) is 3.64. The molecule has 6 nitrogen and oxygen atoms in total. The Morgan fingerprint density at radius 2 is 1.80 bits per heavy atom. The molecule has 0 radical (unpaired) electrons. The van der Waals surface area contributed by atoms with Gasteiger partial charge in [-0.1, -0.05) is 23.2 Å². The van der Waals surface area contributed by atoms with Crippen molar-refractivity contribution >= 4 is 16.9 Å². The molecule has 4 aromatic heterocycles. The second kappa shape index (κ2) is 4.51. The Morgan fingerprint density at radius 1 is 0.920 bits per heavy atom. The summed E-state index contributed by atoms with van der Waals surface area (Å²) in [5.41, 5.74) is 6.06. The van der Waals surface area contributed by atoms with Crippen LogP contribution in [-0.2, 0) is 6.54 Å². The van der Waals surface area contributed by atoms with Gasteiger partial charge in [-0.05, 0) is 30.3 Å². The molecule has 25 heavy (non-hydrogen) atoms. The zero-order valence-electron chi connectivity index (χ0n) is 13.2. The van der Waals surface area contributed by atoms with Crippen molar-refractivity contribution in [1.82, 2.24) is 24.1 Å². The zero-order chi connectivity index (χ0) is 16.4. The number of hydrogen-bond donors (Lipinski definition) is 0.